The maximum atomic E-state index is 15.2. The molecular weight excluding hydrogens is 526 g/mol. The number of hydrogen-bond donors (Lipinski definition) is 3. The van der Waals surface area contributed by atoms with Gasteiger partial charge in [0.05, 0.1) is 21.3 Å². The summed E-state index contributed by atoms with van der Waals surface area (Å²) in [4.78, 5) is 10.3. The number of ether oxygens (including phenoxy) is 1. The standard InChI is InChI=1S/C28H31Cl2FN6O/c1-3-28(36-10-17-4-5-17)14-37(15-28)27-23(31)8-18(11-35-27)26(33)20-9-19(6-7-24(20)32)38-16(2)25-21(29)12-34-13-22(25)30/h6-9,11-13,16-17,33,36H,3-5,10,14-15,32H2,1-2H3/t16-/m1/s1. The van der Waals surface area contributed by atoms with Gasteiger partial charge >= 0.3 is 0 Å². The van der Waals surface area contributed by atoms with Crippen LogP contribution in [-0.4, -0.2) is 40.9 Å². The maximum absolute atomic E-state index is 15.2. The summed E-state index contributed by atoms with van der Waals surface area (Å²) >= 11 is 12.5. The molecule has 2 aliphatic rings. The highest BCUT2D eigenvalue weighted by Gasteiger charge is 2.43. The molecule has 1 atom stereocenters. The van der Waals surface area contributed by atoms with Crippen LogP contribution in [0.3, 0.4) is 0 Å². The summed E-state index contributed by atoms with van der Waals surface area (Å²) in [6, 6.07) is 6.35. The van der Waals surface area contributed by atoms with Gasteiger partial charge in [-0.05, 0) is 62.9 Å². The molecular formula is C28H31Cl2FN6O. The van der Waals surface area contributed by atoms with Crippen LogP contribution in [0.4, 0.5) is 15.9 Å². The van der Waals surface area contributed by atoms with Gasteiger partial charge in [-0.2, -0.15) is 0 Å². The Labute approximate surface area is 232 Å². The Balaban J connectivity index is 1.30. The van der Waals surface area contributed by atoms with Crippen molar-refractivity contribution in [3.63, 3.8) is 0 Å². The summed E-state index contributed by atoms with van der Waals surface area (Å²) < 4.78 is 21.2. The zero-order valence-corrected chi connectivity index (χ0v) is 22.9. The summed E-state index contributed by atoms with van der Waals surface area (Å²) in [6.07, 6.45) is 7.63. The van der Waals surface area contributed by atoms with Crippen LogP contribution in [0.1, 0.15) is 55.9 Å². The Bertz CT molecular complexity index is 1340. The fourth-order valence-electron chi connectivity index (χ4n) is 4.83. The summed E-state index contributed by atoms with van der Waals surface area (Å²) in [5, 5.41) is 13.2. The Morgan fingerprint density at radius 3 is 2.58 bits per heavy atom. The molecule has 1 saturated heterocycles. The number of hydrogen-bond acceptors (Lipinski definition) is 7. The van der Waals surface area contributed by atoms with Crippen LogP contribution in [0.15, 0.2) is 42.9 Å². The van der Waals surface area contributed by atoms with Crippen LogP contribution in [0.25, 0.3) is 0 Å². The number of aromatic nitrogens is 2. The summed E-state index contributed by atoms with van der Waals surface area (Å²) in [5.41, 5.74) is 7.98. The minimum Gasteiger partial charge on any atom is -0.486 e. The predicted molar refractivity (Wildman–Crippen MR) is 150 cm³/mol. The van der Waals surface area contributed by atoms with E-state index < -0.39 is 11.9 Å². The maximum Gasteiger partial charge on any atom is 0.166 e. The van der Waals surface area contributed by atoms with E-state index in [1.807, 2.05) is 11.8 Å². The summed E-state index contributed by atoms with van der Waals surface area (Å²) in [6.45, 7) is 6.44. The summed E-state index contributed by atoms with van der Waals surface area (Å²) in [5.74, 6) is 1.11. The first-order valence-corrected chi connectivity index (χ1v) is 13.5. The van der Waals surface area contributed by atoms with Crippen molar-refractivity contribution in [2.45, 2.75) is 44.8 Å². The van der Waals surface area contributed by atoms with E-state index in [0.29, 0.717) is 57.1 Å². The minimum absolute atomic E-state index is 0.0127. The average Bonchev–Trinajstić information content (AvgIpc) is 3.69. The lowest BCUT2D eigenvalue weighted by molar-refractivity contribution is 0.227. The Morgan fingerprint density at radius 1 is 1.24 bits per heavy atom. The number of nitrogens with one attached hydrogen (secondary N) is 2. The first kappa shape index (κ1) is 26.7. The van der Waals surface area contributed by atoms with E-state index in [1.54, 1.807) is 18.2 Å². The molecule has 3 heterocycles. The van der Waals surface area contributed by atoms with Gasteiger partial charge in [-0.15, -0.1) is 0 Å². The number of nitrogen functional groups attached to an aromatic ring is 1. The molecule has 4 N–H and O–H groups in total. The van der Waals surface area contributed by atoms with Crippen molar-refractivity contribution in [1.82, 2.24) is 15.3 Å². The molecule has 1 saturated carbocycles. The third-order valence-electron chi connectivity index (χ3n) is 7.44. The molecule has 0 amide bonds. The molecule has 5 rings (SSSR count). The number of pyridine rings is 2. The van der Waals surface area contributed by atoms with E-state index in [4.69, 9.17) is 39.1 Å². The van der Waals surface area contributed by atoms with Crippen molar-refractivity contribution in [3.8, 4) is 5.75 Å². The van der Waals surface area contributed by atoms with Gasteiger partial charge in [-0.1, -0.05) is 30.1 Å². The normalized spacial score (nSPS) is 17.1. The van der Waals surface area contributed by atoms with E-state index in [-0.39, 0.29) is 11.3 Å². The molecule has 7 nitrogen and oxygen atoms in total. The highest BCUT2D eigenvalue weighted by atomic mass is 35.5. The van der Waals surface area contributed by atoms with Gasteiger partial charge in [0.25, 0.3) is 0 Å². The smallest absolute Gasteiger partial charge is 0.166 e. The topological polar surface area (TPSA) is 100 Å². The molecule has 1 aromatic carbocycles. The number of rotatable bonds is 10. The Kier molecular flexibility index (Phi) is 7.49. The number of halogens is 3. The van der Waals surface area contributed by atoms with Crippen LogP contribution < -0.4 is 20.7 Å². The van der Waals surface area contributed by atoms with E-state index >= 15 is 4.39 Å². The fourth-order valence-corrected chi connectivity index (χ4v) is 5.50. The highest BCUT2D eigenvalue weighted by Crippen LogP contribution is 2.35. The molecule has 10 heteroatoms. The van der Waals surface area contributed by atoms with E-state index in [9.17, 15) is 0 Å². The van der Waals surface area contributed by atoms with Crippen molar-refractivity contribution in [3.05, 3.63) is 75.4 Å². The first-order valence-electron chi connectivity index (χ1n) is 12.8. The average molecular weight is 558 g/mol. The van der Waals surface area contributed by atoms with Gasteiger partial charge in [0.15, 0.2) is 11.6 Å². The first-order chi connectivity index (χ1) is 18.2. The molecule has 3 aromatic rings. The number of benzene rings is 1. The third kappa shape index (κ3) is 5.44. The Hall–Kier alpha value is -2.94. The van der Waals surface area contributed by atoms with Gasteiger partial charge < -0.3 is 20.7 Å². The lowest BCUT2D eigenvalue weighted by Crippen LogP contribution is -2.69. The van der Waals surface area contributed by atoms with E-state index in [1.165, 1.54) is 37.5 Å². The fraction of sp³-hybridized carbons (Fsp3) is 0.393. The lowest BCUT2D eigenvalue weighted by Gasteiger charge is -2.51. The summed E-state index contributed by atoms with van der Waals surface area (Å²) in [7, 11) is 0. The number of anilines is 2. The molecule has 0 radical (unpaired) electrons. The molecule has 2 aromatic heterocycles. The van der Waals surface area contributed by atoms with Crippen LogP contribution in [0.5, 0.6) is 5.75 Å². The largest absolute Gasteiger partial charge is 0.486 e. The van der Waals surface area contributed by atoms with Crippen molar-refractivity contribution in [2.75, 3.05) is 30.3 Å². The van der Waals surface area contributed by atoms with Gasteiger partial charge in [0.2, 0.25) is 0 Å². The Morgan fingerprint density at radius 2 is 1.95 bits per heavy atom. The van der Waals surface area contributed by atoms with Crippen LogP contribution in [0, 0.1) is 17.1 Å². The van der Waals surface area contributed by atoms with E-state index in [0.717, 1.165) is 18.9 Å². The van der Waals surface area contributed by atoms with Gasteiger partial charge in [0, 0.05) is 54.1 Å². The third-order valence-corrected chi connectivity index (χ3v) is 8.04. The quantitative estimate of drug-likeness (QED) is 0.208. The van der Waals surface area contributed by atoms with Crippen LogP contribution in [-0.2, 0) is 0 Å². The zero-order chi connectivity index (χ0) is 27.0. The number of nitrogens with two attached hydrogens (primary N) is 1. The molecule has 38 heavy (non-hydrogen) atoms. The van der Waals surface area contributed by atoms with Crippen molar-refractivity contribution < 1.29 is 9.13 Å². The van der Waals surface area contributed by atoms with Crippen molar-refractivity contribution in [2.24, 2.45) is 5.92 Å². The van der Waals surface area contributed by atoms with Crippen molar-refractivity contribution >= 4 is 40.4 Å². The zero-order valence-electron chi connectivity index (χ0n) is 21.4. The highest BCUT2D eigenvalue weighted by molar-refractivity contribution is 6.35. The second-order valence-electron chi connectivity index (χ2n) is 10.2. The monoisotopic (exact) mass is 556 g/mol. The minimum atomic E-state index is -0.479. The molecule has 0 bridgehead atoms. The second-order valence-corrected chi connectivity index (χ2v) is 11.1. The lowest BCUT2D eigenvalue weighted by atomic mass is 9.86. The molecule has 0 spiro atoms. The molecule has 0 unspecified atom stereocenters. The second kappa shape index (κ2) is 10.7. The van der Waals surface area contributed by atoms with Crippen LogP contribution >= 0.6 is 23.2 Å². The van der Waals surface area contributed by atoms with Gasteiger partial charge in [-0.3, -0.25) is 10.4 Å². The van der Waals surface area contributed by atoms with Gasteiger partial charge in [-0.25, -0.2) is 9.37 Å². The van der Waals surface area contributed by atoms with Crippen LogP contribution in [0.2, 0.25) is 10.0 Å². The SMILES string of the molecule is CCC1(NCC2CC2)CN(c2ncc(C(=N)c3cc(O[C@H](C)c4c(Cl)cncc4Cl)ccc3N)cc2F)C1. The molecule has 1 aliphatic carbocycles. The van der Waals surface area contributed by atoms with Gasteiger partial charge in [0.1, 0.15) is 11.9 Å². The molecule has 2 fully saturated rings. The number of nitrogens with zero attached hydrogens (tertiary/aromatic N) is 3. The van der Waals surface area contributed by atoms with E-state index in [2.05, 4.69) is 22.2 Å². The predicted octanol–water partition coefficient (Wildman–Crippen LogP) is 6.03. The molecule has 1 aliphatic heterocycles. The molecule has 200 valence electrons. The van der Waals surface area contributed by atoms with Crippen molar-refractivity contribution in [1.29, 1.82) is 5.41 Å².